The highest BCUT2D eigenvalue weighted by atomic mass is 35.5. The molecule has 0 radical (unpaired) electrons. The number of rotatable bonds is 9. The SMILES string of the molecule is CCn1cnnc1CCNC(=O)c1ccc(OCc2ccc(Cl)cc2)c(OC)c1. The average molecular weight is 415 g/mol. The molecule has 0 aliphatic rings. The molecule has 0 aliphatic carbocycles. The molecular weight excluding hydrogens is 392 g/mol. The van der Waals surface area contributed by atoms with E-state index < -0.39 is 0 Å². The Morgan fingerprint density at radius 2 is 1.97 bits per heavy atom. The van der Waals surface area contributed by atoms with Crippen LogP contribution in [0.25, 0.3) is 0 Å². The number of aromatic nitrogens is 3. The fraction of sp³-hybridized carbons (Fsp3) is 0.286. The van der Waals surface area contributed by atoms with Crippen molar-refractivity contribution in [3.63, 3.8) is 0 Å². The minimum absolute atomic E-state index is 0.185. The Bertz CT molecular complexity index is 957. The lowest BCUT2D eigenvalue weighted by atomic mass is 10.2. The van der Waals surface area contributed by atoms with Crippen LogP contribution >= 0.6 is 11.6 Å². The third kappa shape index (κ3) is 5.48. The molecule has 0 unspecified atom stereocenters. The molecule has 2 aromatic carbocycles. The van der Waals surface area contributed by atoms with Crippen molar-refractivity contribution < 1.29 is 14.3 Å². The number of nitrogens with one attached hydrogen (secondary N) is 1. The third-order valence-electron chi connectivity index (χ3n) is 4.40. The molecule has 0 spiro atoms. The molecule has 0 aliphatic heterocycles. The molecule has 1 N–H and O–H groups in total. The van der Waals surface area contributed by atoms with Crippen molar-refractivity contribution in [3.8, 4) is 11.5 Å². The van der Waals surface area contributed by atoms with E-state index in [0.29, 0.717) is 41.7 Å². The number of carbonyl (C=O) groups is 1. The van der Waals surface area contributed by atoms with Gasteiger partial charge in [0.1, 0.15) is 18.8 Å². The van der Waals surface area contributed by atoms with Crippen molar-refractivity contribution in [1.82, 2.24) is 20.1 Å². The van der Waals surface area contributed by atoms with Crippen molar-refractivity contribution in [2.45, 2.75) is 26.5 Å². The molecule has 29 heavy (non-hydrogen) atoms. The summed E-state index contributed by atoms with van der Waals surface area (Å²) in [5.74, 6) is 1.72. The number of hydrogen-bond acceptors (Lipinski definition) is 5. The smallest absolute Gasteiger partial charge is 0.251 e. The van der Waals surface area contributed by atoms with Gasteiger partial charge in [-0.1, -0.05) is 23.7 Å². The van der Waals surface area contributed by atoms with Crippen molar-refractivity contribution in [2.24, 2.45) is 0 Å². The highest BCUT2D eigenvalue weighted by molar-refractivity contribution is 6.30. The summed E-state index contributed by atoms with van der Waals surface area (Å²) in [7, 11) is 1.55. The summed E-state index contributed by atoms with van der Waals surface area (Å²) in [5, 5.41) is 11.5. The minimum Gasteiger partial charge on any atom is -0.493 e. The molecule has 0 atom stereocenters. The number of benzene rings is 2. The quantitative estimate of drug-likeness (QED) is 0.579. The molecule has 152 valence electrons. The Morgan fingerprint density at radius 1 is 1.17 bits per heavy atom. The van der Waals surface area contributed by atoms with Crippen LogP contribution in [0, 0.1) is 0 Å². The maximum atomic E-state index is 12.5. The van der Waals surface area contributed by atoms with Gasteiger partial charge in [0.2, 0.25) is 0 Å². The van der Waals surface area contributed by atoms with Gasteiger partial charge in [-0.3, -0.25) is 4.79 Å². The Hall–Kier alpha value is -3.06. The fourth-order valence-corrected chi connectivity index (χ4v) is 2.92. The minimum atomic E-state index is -0.185. The summed E-state index contributed by atoms with van der Waals surface area (Å²) in [6.07, 6.45) is 2.30. The molecule has 3 rings (SSSR count). The molecular formula is C21H23ClN4O3. The Morgan fingerprint density at radius 3 is 2.69 bits per heavy atom. The number of carbonyl (C=O) groups excluding carboxylic acids is 1. The van der Waals surface area contributed by atoms with E-state index in [-0.39, 0.29) is 5.91 Å². The first-order valence-electron chi connectivity index (χ1n) is 9.31. The second-order valence-corrected chi connectivity index (χ2v) is 6.76. The summed E-state index contributed by atoms with van der Waals surface area (Å²) in [6, 6.07) is 12.5. The van der Waals surface area contributed by atoms with Crippen LogP contribution in [0.4, 0.5) is 0 Å². The zero-order valence-electron chi connectivity index (χ0n) is 16.4. The van der Waals surface area contributed by atoms with Crippen LogP contribution in [-0.4, -0.2) is 34.3 Å². The van der Waals surface area contributed by atoms with Gasteiger partial charge in [0, 0.05) is 30.1 Å². The van der Waals surface area contributed by atoms with Crippen LogP contribution in [0.3, 0.4) is 0 Å². The first-order chi connectivity index (χ1) is 14.1. The van der Waals surface area contributed by atoms with Crippen LogP contribution < -0.4 is 14.8 Å². The maximum Gasteiger partial charge on any atom is 0.251 e. The topological polar surface area (TPSA) is 78.3 Å². The number of aryl methyl sites for hydroxylation is 1. The van der Waals surface area contributed by atoms with Gasteiger partial charge < -0.3 is 19.4 Å². The fourth-order valence-electron chi connectivity index (χ4n) is 2.80. The van der Waals surface area contributed by atoms with Gasteiger partial charge in [0.15, 0.2) is 11.5 Å². The Kier molecular flexibility index (Phi) is 7.08. The van der Waals surface area contributed by atoms with E-state index >= 15 is 0 Å². The normalized spacial score (nSPS) is 10.6. The Labute approximate surface area is 174 Å². The highest BCUT2D eigenvalue weighted by Gasteiger charge is 2.12. The molecule has 8 heteroatoms. The van der Waals surface area contributed by atoms with E-state index in [1.165, 1.54) is 0 Å². The second kappa shape index (κ2) is 9.93. The van der Waals surface area contributed by atoms with Gasteiger partial charge in [-0.25, -0.2) is 0 Å². The lowest BCUT2D eigenvalue weighted by Gasteiger charge is -2.12. The monoisotopic (exact) mass is 414 g/mol. The van der Waals surface area contributed by atoms with Gasteiger partial charge in [0.25, 0.3) is 5.91 Å². The Balaban J connectivity index is 1.58. The molecule has 0 fully saturated rings. The standard InChI is InChI=1S/C21H23ClN4O3/c1-3-26-14-24-25-20(26)10-11-23-21(27)16-6-9-18(19(12-16)28-2)29-13-15-4-7-17(22)8-5-15/h4-9,12,14H,3,10-11,13H2,1-2H3,(H,23,27). The van der Waals surface area contributed by atoms with Gasteiger partial charge in [-0.2, -0.15) is 0 Å². The van der Waals surface area contributed by atoms with Gasteiger partial charge in [-0.05, 0) is 42.8 Å². The number of halogens is 1. The van der Waals surface area contributed by atoms with Crippen molar-refractivity contribution in [1.29, 1.82) is 0 Å². The molecule has 0 saturated heterocycles. The van der Waals surface area contributed by atoms with E-state index in [9.17, 15) is 4.79 Å². The summed E-state index contributed by atoms with van der Waals surface area (Å²) < 4.78 is 13.2. The molecule has 1 aromatic heterocycles. The zero-order valence-corrected chi connectivity index (χ0v) is 17.1. The van der Waals surface area contributed by atoms with E-state index in [1.54, 1.807) is 31.6 Å². The molecule has 7 nitrogen and oxygen atoms in total. The third-order valence-corrected chi connectivity index (χ3v) is 4.66. The largest absolute Gasteiger partial charge is 0.493 e. The first-order valence-corrected chi connectivity index (χ1v) is 9.68. The zero-order chi connectivity index (χ0) is 20.6. The van der Waals surface area contributed by atoms with Gasteiger partial charge >= 0.3 is 0 Å². The van der Waals surface area contributed by atoms with Gasteiger partial charge in [0.05, 0.1) is 7.11 Å². The first kappa shape index (κ1) is 20.7. The van der Waals surface area contributed by atoms with Crippen LogP contribution in [0.2, 0.25) is 5.02 Å². The number of nitrogens with zero attached hydrogens (tertiary/aromatic N) is 3. The number of amides is 1. The molecule has 3 aromatic rings. The van der Waals surface area contributed by atoms with Gasteiger partial charge in [-0.15, -0.1) is 10.2 Å². The summed E-state index contributed by atoms with van der Waals surface area (Å²) in [6.45, 7) is 3.66. The number of ether oxygens (including phenoxy) is 2. The van der Waals surface area contributed by atoms with E-state index in [2.05, 4.69) is 15.5 Å². The molecule has 0 saturated carbocycles. The van der Waals surface area contributed by atoms with E-state index in [1.807, 2.05) is 35.8 Å². The van der Waals surface area contributed by atoms with Crippen LogP contribution in [0.1, 0.15) is 28.7 Å². The van der Waals surface area contributed by atoms with Crippen LogP contribution in [0.5, 0.6) is 11.5 Å². The lowest BCUT2D eigenvalue weighted by molar-refractivity contribution is 0.0953. The van der Waals surface area contributed by atoms with Crippen molar-refractivity contribution in [3.05, 3.63) is 70.8 Å². The molecule has 0 bridgehead atoms. The van der Waals surface area contributed by atoms with E-state index in [0.717, 1.165) is 17.9 Å². The summed E-state index contributed by atoms with van der Waals surface area (Å²) in [4.78, 5) is 12.5. The maximum absolute atomic E-state index is 12.5. The second-order valence-electron chi connectivity index (χ2n) is 6.32. The predicted octanol–water partition coefficient (Wildman–Crippen LogP) is 3.51. The average Bonchev–Trinajstić information content (AvgIpc) is 3.20. The predicted molar refractivity (Wildman–Crippen MR) is 111 cm³/mol. The van der Waals surface area contributed by atoms with Crippen molar-refractivity contribution >= 4 is 17.5 Å². The van der Waals surface area contributed by atoms with Crippen LogP contribution in [0.15, 0.2) is 48.8 Å². The van der Waals surface area contributed by atoms with Crippen molar-refractivity contribution in [2.75, 3.05) is 13.7 Å². The number of methoxy groups -OCH3 is 1. The highest BCUT2D eigenvalue weighted by Crippen LogP contribution is 2.29. The number of hydrogen-bond donors (Lipinski definition) is 1. The summed E-state index contributed by atoms with van der Waals surface area (Å²) in [5.41, 5.74) is 1.48. The van der Waals surface area contributed by atoms with E-state index in [4.69, 9.17) is 21.1 Å². The lowest BCUT2D eigenvalue weighted by Crippen LogP contribution is -2.26. The van der Waals surface area contributed by atoms with Crippen LogP contribution in [-0.2, 0) is 19.6 Å². The molecule has 1 heterocycles. The summed E-state index contributed by atoms with van der Waals surface area (Å²) >= 11 is 5.90. The molecule has 1 amide bonds.